The highest BCUT2D eigenvalue weighted by Gasteiger charge is 2.53. The largest absolute Gasteiger partial charge is 0.460 e. The molecule has 2 heterocycles. The van der Waals surface area contributed by atoms with E-state index in [1.54, 1.807) is 0 Å². The molecule has 0 saturated carbocycles. The maximum Gasteiger partial charge on any atom is 0.306 e. The average Bonchev–Trinajstić information content (AvgIpc) is 2.55. The van der Waals surface area contributed by atoms with Gasteiger partial charge in [-0.1, -0.05) is 0 Å². The summed E-state index contributed by atoms with van der Waals surface area (Å²) in [4.78, 5) is 13.3. The van der Waals surface area contributed by atoms with Crippen molar-refractivity contribution in [3.8, 4) is 0 Å². The summed E-state index contributed by atoms with van der Waals surface area (Å²) in [5.41, 5.74) is -0.0553. The van der Waals surface area contributed by atoms with E-state index in [1.165, 1.54) is 0 Å². The fourth-order valence-electron chi connectivity index (χ4n) is 2.57. The van der Waals surface area contributed by atoms with Gasteiger partial charge in [0.05, 0.1) is 19.6 Å². The lowest BCUT2D eigenvalue weighted by molar-refractivity contribution is -0.142. The van der Waals surface area contributed by atoms with Crippen molar-refractivity contribution in [2.45, 2.75) is 12.5 Å². The van der Waals surface area contributed by atoms with Crippen molar-refractivity contribution in [1.82, 2.24) is 10.2 Å². The second-order valence-corrected chi connectivity index (χ2v) is 4.87. The Morgan fingerprint density at radius 2 is 2.00 bits per heavy atom. The molecule has 3 N–H and O–H groups in total. The van der Waals surface area contributed by atoms with Gasteiger partial charge in [0.2, 0.25) is 0 Å². The number of aliphatic hydroxyl groups is 2. The monoisotopic (exact) mass is 244 g/mol. The topological polar surface area (TPSA) is 82.0 Å². The molecule has 1 unspecified atom stereocenters. The van der Waals surface area contributed by atoms with Gasteiger partial charge in [-0.25, -0.2) is 0 Å². The van der Waals surface area contributed by atoms with E-state index in [2.05, 4.69) is 5.32 Å². The number of nitrogens with zero attached hydrogens (tertiary/aromatic N) is 1. The molecule has 2 aliphatic heterocycles. The van der Waals surface area contributed by atoms with Gasteiger partial charge in [-0.2, -0.15) is 0 Å². The van der Waals surface area contributed by atoms with Crippen molar-refractivity contribution in [1.29, 1.82) is 0 Å². The second kappa shape index (κ2) is 5.30. The number of esters is 1. The average molecular weight is 244 g/mol. The first kappa shape index (κ1) is 12.8. The molecule has 0 aromatic rings. The van der Waals surface area contributed by atoms with E-state index < -0.39 is 0 Å². The van der Waals surface area contributed by atoms with E-state index in [1.807, 2.05) is 4.90 Å². The number of carbonyl (C=O) groups is 1. The molecule has 0 amide bonds. The van der Waals surface area contributed by atoms with Crippen molar-refractivity contribution in [2.24, 2.45) is 5.41 Å². The minimum absolute atomic E-state index is 0.0475. The molecule has 17 heavy (non-hydrogen) atoms. The van der Waals surface area contributed by atoms with Crippen LogP contribution in [0.1, 0.15) is 6.42 Å². The third-order valence-corrected chi connectivity index (χ3v) is 3.66. The first-order valence-corrected chi connectivity index (χ1v) is 6.04. The molecule has 0 aromatic heterocycles. The fraction of sp³-hybridized carbons (Fsp3) is 0.909. The van der Waals surface area contributed by atoms with Gasteiger partial charge in [-0.3, -0.25) is 9.69 Å². The van der Waals surface area contributed by atoms with Gasteiger partial charge in [0.25, 0.3) is 0 Å². The Morgan fingerprint density at radius 3 is 2.47 bits per heavy atom. The normalized spacial score (nSPS) is 26.3. The smallest absolute Gasteiger partial charge is 0.306 e. The van der Waals surface area contributed by atoms with Crippen LogP contribution in [0.2, 0.25) is 0 Å². The van der Waals surface area contributed by atoms with Crippen molar-refractivity contribution in [3.05, 3.63) is 0 Å². The summed E-state index contributed by atoms with van der Waals surface area (Å²) in [7, 11) is 0. The van der Waals surface area contributed by atoms with Crippen LogP contribution in [0.5, 0.6) is 0 Å². The Labute approximate surface area is 101 Å². The third-order valence-electron chi connectivity index (χ3n) is 3.66. The first-order chi connectivity index (χ1) is 8.20. The van der Waals surface area contributed by atoms with Gasteiger partial charge >= 0.3 is 5.97 Å². The molecule has 2 fully saturated rings. The predicted molar refractivity (Wildman–Crippen MR) is 60.4 cm³/mol. The van der Waals surface area contributed by atoms with E-state index in [-0.39, 0.29) is 30.7 Å². The van der Waals surface area contributed by atoms with Crippen molar-refractivity contribution >= 4 is 5.97 Å². The summed E-state index contributed by atoms with van der Waals surface area (Å²) in [6.07, 6.45) is 0.367. The number of ether oxygens (including phenoxy) is 1. The van der Waals surface area contributed by atoms with Crippen LogP contribution < -0.4 is 5.32 Å². The summed E-state index contributed by atoms with van der Waals surface area (Å²) in [6.45, 7) is 3.31. The lowest BCUT2D eigenvalue weighted by atomic mass is 9.75. The molecular formula is C11H20N2O4. The highest BCUT2D eigenvalue weighted by Crippen LogP contribution is 2.39. The Bertz CT molecular complexity index is 275. The molecule has 2 saturated heterocycles. The maximum absolute atomic E-state index is 11.4. The predicted octanol–water partition coefficient (Wildman–Crippen LogP) is -1.82. The zero-order chi connectivity index (χ0) is 12.3. The molecule has 98 valence electrons. The minimum Gasteiger partial charge on any atom is -0.460 e. The molecule has 6 heteroatoms. The summed E-state index contributed by atoms with van der Waals surface area (Å²) in [5, 5.41) is 21.1. The third kappa shape index (κ3) is 2.60. The minimum atomic E-state index is -0.135. The van der Waals surface area contributed by atoms with Gasteiger partial charge in [-0.15, -0.1) is 0 Å². The van der Waals surface area contributed by atoms with Gasteiger partial charge < -0.3 is 20.3 Å². The molecular weight excluding hydrogens is 224 g/mol. The van der Waals surface area contributed by atoms with Crippen LogP contribution in [0, 0.1) is 5.41 Å². The van der Waals surface area contributed by atoms with Crippen LogP contribution in [0.15, 0.2) is 0 Å². The van der Waals surface area contributed by atoms with Gasteiger partial charge in [0.15, 0.2) is 0 Å². The van der Waals surface area contributed by atoms with Gasteiger partial charge in [-0.05, 0) is 0 Å². The highest BCUT2D eigenvalue weighted by atomic mass is 16.6. The summed E-state index contributed by atoms with van der Waals surface area (Å²) in [5.74, 6) is -0.135. The molecule has 1 atom stereocenters. The van der Waals surface area contributed by atoms with Crippen molar-refractivity contribution in [3.63, 3.8) is 0 Å². The van der Waals surface area contributed by atoms with Gasteiger partial charge in [0, 0.05) is 38.1 Å². The standard InChI is InChI=1S/C11H20N2O4/c14-3-1-13(2-4-15)6-9-11(7-12-8-11)5-10(16)17-9/h9,12,14-15H,1-8H2. The number of hydrogen-bond donors (Lipinski definition) is 3. The number of hydrogen-bond acceptors (Lipinski definition) is 6. The lowest BCUT2D eigenvalue weighted by Crippen LogP contribution is -2.60. The number of aliphatic hydroxyl groups excluding tert-OH is 2. The summed E-state index contributed by atoms with van der Waals surface area (Å²) >= 11 is 0. The summed E-state index contributed by atoms with van der Waals surface area (Å²) in [6, 6.07) is 0. The number of rotatable bonds is 6. The Morgan fingerprint density at radius 1 is 1.35 bits per heavy atom. The van der Waals surface area contributed by atoms with E-state index >= 15 is 0 Å². The number of cyclic esters (lactones) is 1. The van der Waals surface area contributed by atoms with Crippen LogP contribution in [0.3, 0.4) is 0 Å². The fourth-order valence-corrected chi connectivity index (χ4v) is 2.57. The van der Waals surface area contributed by atoms with E-state index in [0.717, 1.165) is 13.1 Å². The van der Waals surface area contributed by atoms with E-state index in [9.17, 15) is 4.79 Å². The SMILES string of the molecule is O=C1CC2(CNC2)C(CN(CCO)CCO)O1. The first-order valence-electron chi connectivity index (χ1n) is 6.04. The lowest BCUT2D eigenvalue weighted by Gasteiger charge is -2.42. The molecule has 2 rings (SSSR count). The number of nitrogens with one attached hydrogen (secondary N) is 1. The van der Waals surface area contributed by atoms with Crippen LogP contribution in [-0.4, -0.2) is 73.1 Å². The van der Waals surface area contributed by atoms with Crippen molar-refractivity contribution < 1.29 is 19.7 Å². The quantitative estimate of drug-likeness (QED) is 0.477. The van der Waals surface area contributed by atoms with Crippen LogP contribution in [-0.2, 0) is 9.53 Å². The molecule has 2 aliphatic rings. The van der Waals surface area contributed by atoms with E-state index in [0.29, 0.717) is 26.1 Å². The molecule has 1 spiro atoms. The second-order valence-electron chi connectivity index (χ2n) is 4.87. The maximum atomic E-state index is 11.4. The Hall–Kier alpha value is -0.690. The van der Waals surface area contributed by atoms with Crippen LogP contribution >= 0.6 is 0 Å². The van der Waals surface area contributed by atoms with Crippen molar-refractivity contribution in [2.75, 3.05) is 45.9 Å². The molecule has 0 radical (unpaired) electrons. The Balaban J connectivity index is 1.93. The zero-order valence-corrected chi connectivity index (χ0v) is 9.89. The highest BCUT2D eigenvalue weighted by molar-refractivity contribution is 5.73. The van der Waals surface area contributed by atoms with E-state index in [4.69, 9.17) is 14.9 Å². The summed E-state index contributed by atoms with van der Waals surface area (Å²) < 4.78 is 5.36. The molecule has 0 aromatic carbocycles. The van der Waals surface area contributed by atoms with Gasteiger partial charge in [0.1, 0.15) is 6.10 Å². The van der Waals surface area contributed by atoms with Crippen LogP contribution in [0.25, 0.3) is 0 Å². The zero-order valence-electron chi connectivity index (χ0n) is 9.89. The van der Waals surface area contributed by atoms with Crippen LogP contribution in [0.4, 0.5) is 0 Å². The Kier molecular flexibility index (Phi) is 3.98. The number of carbonyl (C=O) groups excluding carboxylic acids is 1. The molecule has 0 bridgehead atoms. The molecule has 6 nitrogen and oxygen atoms in total. The molecule has 0 aliphatic carbocycles.